The SMILES string of the molecule is O=C(NCCC1=CCCCC1)C1(c2cc(-c3ccc(Cl)cc3)on2)CC1. The molecule has 1 aromatic carbocycles. The topological polar surface area (TPSA) is 55.1 Å². The first-order valence-electron chi connectivity index (χ1n) is 9.37. The zero-order valence-electron chi connectivity index (χ0n) is 14.8. The zero-order chi connectivity index (χ0) is 18.0. The average molecular weight is 371 g/mol. The van der Waals surface area contributed by atoms with Crippen LogP contribution in [0.1, 0.15) is 50.6 Å². The molecule has 4 nitrogen and oxygen atoms in total. The van der Waals surface area contributed by atoms with Gasteiger partial charge in [0.1, 0.15) is 0 Å². The third kappa shape index (κ3) is 3.56. The summed E-state index contributed by atoms with van der Waals surface area (Å²) in [7, 11) is 0. The summed E-state index contributed by atoms with van der Waals surface area (Å²) in [6.45, 7) is 0.703. The van der Waals surface area contributed by atoms with Gasteiger partial charge in [0.2, 0.25) is 5.91 Å². The van der Waals surface area contributed by atoms with Crippen molar-refractivity contribution in [2.24, 2.45) is 0 Å². The number of halogens is 1. The van der Waals surface area contributed by atoms with Crippen molar-refractivity contribution in [3.63, 3.8) is 0 Å². The van der Waals surface area contributed by atoms with Gasteiger partial charge in [0, 0.05) is 23.2 Å². The third-order valence-electron chi connectivity index (χ3n) is 5.43. The van der Waals surface area contributed by atoms with E-state index < -0.39 is 5.41 Å². The third-order valence-corrected chi connectivity index (χ3v) is 5.68. The Hall–Kier alpha value is -2.07. The van der Waals surface area contributed by atoms with Gasteiger partial charge >= 0.3 is 0 Å². The minimum atomic E-state index is -0.505. The molecule has 0 bridgehead atoms. The Morgan fingerprint density at radius 1 is 1.23 bits per heavy atom. The number of aromatic nitrogens is 1. The number of allylic oxidation sites excluding steroid dienone is 1. The molecule has 136 valence electrons. The molecule has 2 aliphatic carbocycles. The van der Waals surface area contributed by atoms with E-state index in [1.807, 2.05) is 30.3 Å². The van der Waals surface area contributed by atoms with Crippen LogP contribution in [-0.4, -0.2) is 17.6 Å². The van der Waals surface area contributed by atoms with Crippen molar-refractivity contribution in [1.82, 2.24) is 10.5 Å². The number of carbonyl (C=O) groups is 1. The van der Waals surface area contributed by atoms with Gasteiger partial charge in [0.15, 0.2) is 5.76 Å². The zero-order valence-corrected chi connectivity index (χ0v) is 15.5. The molecule has 1 N–H and O–H groups in total. The molecule has 2 aliphatic rings. The van der Waals surface area contributed by atoms with E-state index in [2.05, 4.69) is 16.5 Å². The van der Waals surface area contributed by atoms with Gasteiger partial charge in [0.25, 0.3) is 0 Å². The van der Waals surface area contributed by atoms with E-state index in [-0.39, 0.29) is 5.91 Å². The predicted molar refractivity (Wildman–Crippen MR) is 102 cm³/mol. The molecule has 1 amide bonds. The Kier molecular flexibility index (Phi) is 4.86. The van der Waals surface area contributed by atoms with Gasteiger partial charge in [-0.1, -0.05) is 28.4 Å². The maximum atomic E-state index is 12.7. The number of rotatable bonds is 6. The van der Waals surface area contributed by atoms with E-state index in [9.17, 15) is 4.79 Å². The second-order valence-corrected chi connectivity index (χ2v) is 7.72. The van der Waals surface area contributed by atoms with Crippen LogP contribution in [0.15, 0.2) is 46.5 Å². The lowest BCUT2D eigenvalue weighted by Crippen LogP contribution is -2.35. The normalized spacial score (nSPS) is 18.3. The summed E-state index contributed by atoms with van der Waals surface area (Å²) in [4.78, 5) is 12.7. The molecule has 1 fully saturated rings. The molecule has 1 heterocycles. The molecular formula is C21H23ClN2O2. The highest BCUT2D eigenvalue weighted by atomic mass is 35.5. The molecule has 26 heavy (non-hydrogen) atoms. The van der Waals surface area contributed by atoms with Crippen molar-refractivity contribution in [3.8, 4) is 11.3 Å². The minimum Gasteiger partial charge on any atom is -0.356 e. The quantitative estimate of drug-likeness (QED) is 0.725. The van der Waals surface area contributed by atoms with Gasteiger partial charge in [-0.3, -0.25) is 4.79 Å². The monoisotopic (exact) mass is 370 g/mol. The lowest BCUT2D eigenvalue weighted by molar-refractivity contribution is -0.123. The van der Waals surface area contributed by atoms with Crippen LogP contribution in [0.4, 0.5) is 0 Å². The fourth-order valence-corrected chi connectivity index (χ4v) is 3.74. The number of benzene rings is 1. The van der Waals surface area contributed by atoms with Crippen molar-refractivity contribution in [1.29, 1.82) is 0 Å². The van der Waals surface area contributed by atoms with Gasteiger partial charge in [-0.15, -0.1) is 0 Å². The van der Waals surface area contributed by atoms with Gasteiger partial charge in [-0.05, 0) is 69.2 Å². The highest BCUT2D eigenvalue weighted by molar-refractivity contribution is 6.30. The molecule has 1 aromatic heterocycles. The largest absolute Gasteiger partial charge is 0.356 e. The van der Waals surface area contributed by atoms with E-state index in [1.165, 1.54) is 31.3 Å². The Bertz CT molecular complexity index is 819. The van der Waals surface area contributed by atoms with Crippen LogP contribution in [0.2, 0.25) is 5.02 Å². The summed E-state index contributed by atoms with van der Waals surface area (Å²) in [5.74, 6) is 0.743. The van der Waals surface area contributed by atoms with E-state index in [0.29, 0.717) is 17.3 Å². The Morgan fingerprint density at radius 3 is 2.73 bits per heavy atom. The lowest BCUT2D eigenvalue weighted by atomic mass is 9.97. The van der Waals surface area contributed by atoms with Crippen LogP contribution in [0, 0.1) is 0 Å². The summed E-state index contributed by atoms with van der Waals surface area (Å²) in [6.07, 6.45) is 9.86. The Morgan fingerprint density at radius 2 is 2.04 bits per heavy atom. The van der Waals surface area contributed by atoms with Crippen molar-refractivity contribution in [2.75, 3.05) is 6.54 Å². The van der Waals surface area contributed by atoms with E-state index in [0.717, 1.165) is 30.5 Å². The summed E-state index contributed by atoms with van der Waals surface area (Å²) >= 11 is 5.93. The van der Waals surface area contributed by atoms with Crippen LogP contribution < -0.4 is 5.32 Å². The van der Waals surface area contributed by atoms with Gasteiger partial charge < -0.3 is 9.84 Å². The van der Waals surface area contributed by atoms with Crippen LogP contribution in [0.25, 0.3) is 11.3 Å². The molecule has 0 aliphatic heterocycles. The lowest BCUT2D eigenvalue weighted by Gasteiger charge is -2.15. The molecule has 1 saturated carbocycles. The van der Waals surface area contributed by atoms with Crippen molar-refractivity contribution >= 4 is 17.5 Å². The summed E-state index contributed by atoms with van der Waals surface area (Å²) in [5, 5.41) is 7.98. The number of carbonyl (C=O) groups excluding carboxylic acids is 1. The van der Waals surface area contributed by atoms with Gasteiger partial charge in [0.05, 0.1) is 11.1 Å². The average Bonchev–Trinajstić information content (AvgIpc) is 3.33. The molecule has 4 rings (SSSR count). The van der Waals surface area contributed by atoms with Crippen LogP contribution in [-0.2, 0) is 10.2 Å². The first kappa shape index (κ1) is 17.3. The van der Waals surface area contributed by atoms with Crippen LogP contribution >= 0.6 is 11.6 Å². The second-order valence-electron chi connectivity index (χ2n) is 7.28. The van der Waals surface area contributed by atoms with E-state index in [4.69, 9.17) is 16.1 Å². The predicted octanol–water partition coefficient (Wildman–Crippen LogP) is 5.03. The number of nitrogens with one attached hydrogen (secondary N) is 1. The first-order chi connectivity index (χ1) is 12.7. The molecule has 0 unspecified atom stereocenters. The second kappa shape index (κ2) is 7.28. The smallest absolute Gasteiger partial charge is 0.232 e. The maximum absolute atomic E-state index is 12.7. The molecule has 0 atom stereocenters. The minimum absolute atomic E-state index is 0.0739. The number of amides is 1. The van der Waals surface area contributed by atoms with Crippen molar-refractivity contribution in [2.45, 2.75) is 50.4 Å². The van der Waals surface area contributed by atoms with E-state index >= 15 is 0 Å². The molecule has 5 heteroatoms. The standard InChI is InChI=1S/C21H23ClN2O2/c22-17-8-6-16(7-9-17)18-14-19(24-26-18)21(11-12-21)20(25)23-13-10-15-4-2-1-3-5-15/h4,6-9,14H,1-3,5,10-13H2,(H,23,25). The van der Waals surface area contributed by atoms with Crippen molar-refractivity contribution in [3.05, 3.63) is 52.7 Å². The maximum Gasteiger partial charge on any atom is 0.232 e. The fourth-order valence-electron chi connectivity index (χ4n) is 3.61. The van der Waals surface area contributed by atoms with Crippen LogP contribution in [0.5, 0.6) is 0 Å². The highest BCUT2D eigenvalue weighted by Crippen LogP contribution is 2.48. The fraction of sp³-hybridized carbons (Fsp3) is 0.429. The molecule has 0 spiro atoms. The van der Waals surface area contributed by atoms with Gasteiger partial charge in [-0.25, -0.2) is 0 Å². The van der Waals surface area contributed by atoms with E-state index in [1.54, 1.807) is 0 Å². The molecular weight excluding hydrogens is 348 g/mol. The van der Waals surface area contributed by atoms with Crippen LogP contribution in [0.3, 0.4) is 0 Å². The van der Waals surface area contributed by atoms with Crippen molar-refractivity contribution < 1.29 is 9.32 Å². The molecule has 2 aromatic rings. The Balaban J connectivity index is 1.39. The number of hydrogen-bond donors (Lipinski definition) is 1. The molecule has 0 saturated heterocycles. The Labute approximate surface area is 158 Å². The summed E-state index contributed by atoms with van der Waals surface area (Å²) in [6, 6.07) is 9.31. The molecule has 0 radical (unpaired) electrons. The van der Waals surface area contributed by atoms with Gasteiger partial charge in [-0.2, -0.15) is 0 Å². The highest BCUT2D eigenvalue weighted by Gasteiger charge is 2.53. The first-order valence-corrected chi connectivity index (χ1v) is 9.74. The number of nitrogens with zero attached hydrogens (tertiary/aromatic N) is 1. The summed E-state index contributed by atoms with van der Waals surface area (Å²) < 4.78 is 5.48. The number of hydrogen-bond acceptors (Lipinski definition) is 3. The summed E-state index contributed by atoms with van der Waals surface area (Å²) in [5.41, 5.74) is 2.62.